The second kappa shape index (κ2) is 8.62. The van der Waals surface area contributed by atoms with Crippen LogP contribution in [0.5, 0.6) is 5.75 Å². The Hall–Kier alpha value is -2.91. The average molecular weight is 432 g/mol. The Morgan fingerprint density at radius 1 is 1.17 bits per heavy atom. The van der Waals surface area contributed by atoms with Gasteiger partial charge in [-0.1, -0.05) is 18.2 Å². The number of hydrogen-bond donors (Lipinski definition) is 0. The van der Waals surface area contributed by atoms with Crippen LogP contribution in [0.15, 0.2) is 75.4 Å². The molecule has 0 aromatic heterocycles. The number of carbonyl (C=O) groups excluding carboxylic acids is 1. The van der Waals surface area contributed by atoms with Crippen LogP contribution in [-0.2, 0) is 14.8 Å². The van der Waals surface area contributed by atoms with Gasteiger partial charge in [0, 0.05) is 6.54 Å². The van der Waals surface area contributed by atoms with Gasteiger partial charge < -0.3 is 4.74 Å². The van der Waals surface area contributed by atoms with Crippen LogP contribution in [0.4, 0.5) is 4.39 Å². The number of carbonyl (C=O) groups is 1. The van der Waals surface area contributed by atoms with E-state index in [-0.39, 0.29) is 22.5 Å². The molecular weight excluding hydrogens is 415 g/mol. The molecule has 0 atom stereocenters. The molecule has 0 N–H and O–H groups in total. The summed E-state index contributed by atoms with van der Waals surface area (Å²) in [4.78, 5) is 14.1. The maximum absolute atomic E-state index is 13.1. The maximum Gasteiger partial charge on any atom is 0.284 e. The van der Waals surface area contributed by atoms with Crippen LogP contribution < -0.4 is 4.74 Å². The molecule has 2 aromatic rings. The van der Waals surface area contributed by atoms with Gasteiger partial charge in [0.05, 0.1) is 16.9 Å². The lowest BCUT2D eigenvalue weighted by atomic mass is 10.2. The highest BCUT2D eigenvalue weighted by atomic mass is 32.2. The van der Waals surface area contributed by atoms with Gasteiger partial charge in [-0.25, -0.2) is 4.39 Å². The number of ether oxygens (including phenoxy) is 1. The first-order valence-corrected chi connectivity index (χ1v) is 10.7. The smallest absolute Gasteiger partial charge is 0.284 e. The fourth-order valence-corrected chi connectivity index (χ4v) is 4.67. The molecule has 0 saturated carbocycles. The van der Waals surface area contributed by atoms with Crippen molar-refractivity contribution in [2.45, 2.75) is 4.90 Å². The van der Waals surface area contributed by atoms with Gasteiger partial charge in [-0.2, -0.15) is 8.42 Å². The van der Waals surface area contributed by atoms with E-state index < -0.39 is 15.8 Å². The van der Waals surface area contributed by atoms with Gasteiger partial charge in [0.15, 0.2) is 5.17 Å². The van der Waals surface area contributed by atoms with Crippen molar-refractivity contribution >= 4 is 38.9 Å². The van der Waals surface area contributed by atoms with Crippen LogP contribution in [0.1, 0.15) is 5.56 Å². The Bertz CT molecular complexity index is 1090. The minimum atomic E-state index is -4.11. The third kappa shape index (κ3) is 4.75. The third-order valence-corrected chi connectivity index (χ3v) is 6.33. The van der Waals surface area contributed by atoms with Crippen molar-refractivity contribution in [2.24, 2.45) is 4.40 Å². The third-order valence-electron chi connectivity index (χ3n) is 3.92. The van der Waals surface area contributed by atoms with Crippen LogP contribution in [0, 0.1) is 5.82 Å². The molecule has 1 amide bonds. The lowest BCUT2D eigenvalue weighted by molar-refractivity contribution is -0.121. The van der Waals surface area contributed by atoms with Crippen molar-refractivity contribution in [3.8, 4) is 5.75 Å². The lowest BCUT2D eigenvalue weighted by Crippen LogP contribution is -2.29. The Labute approximate surface area is 172 Å². The maximum atomic E-state index is 13.1. The number of sulfonamides is 1. The van der Waals surface area contributed by atoms with Crippen LogP contribution in [0.25, 0.3) is 6.08 Å². The summed E-state index contributed by atoms with van der Waals surface area (Å²) in [5, 5.41) is 0.0130. The fraction of sp³-hybridized carbons (Fsp3) is 0.100. The Kier molecular flexibility index (Phi) is 6.19. The van der Waals surface area contributed by atoms with E-state index in [2.05, 4.69) is 11.0 Å². The van der Waals surface area contributed by atoms with Crippen LogP contribution in [-0.4, -0.2) is 38.0 Å². The summed E-state index contributed by atoms with van der Waals surface area (Å²) < 4.78 is 47.1. The van der Waals surface area contributed by atoms with E-state index >= 15 is 0 Å². The van der Waals surface area contributed by atoms with Gasteiger partial charge in [0.1, 0.15) is 11.6 Å². The second-order valence-electron chi connectivity index (χ2n) is 5.89. The molecule has 150 valence electrons. The van der Waals surface area contributed by atoms with E-state index in [4.69, 9.17) is 4.74 Å². The molecule has 0 radical (unpaired) electrons. The van der Waals surface area contributed by atoms with Gasteiger partial charge in [-0.3, -0.25) is 9.69 Å². The van der Waals surface area contributed by atoms with Crippen molar-refractivity contribution in [1.29, 1.82) is 0 Å². The van der Waals surface area contributed by atoms with E-state index in [0.717, 1.165) is 41.6 Å². The highest BCUT2D eigenvalue weighted by Crippen LogP contribution is 2.33. The molecule has 0 aliphatic carbocycles. The number of nitrogens with zero attached hydrogens (tertiary/aromatic N) is 2. The fourth-order valence-electron chi connectivity index (χ4n) is 2.48. The van der Waals surface area contributed by atoms with E-state index in [1.807, 2.05) is 0 Å². The minimum Gasteiger partial charge on any atom is -0.497 e. The number of amidine groups is 1. The minimum absolute atomic E-state index is 0.0130. The largest absolute Gasteiger partial charge is 0.497 e. The van der Waals surface area contributed by atoms with Crippen molar-refractivity contribution in [3.63, 3.8) is 0 Å². The summed E-state index contributed by atoms with van der Waals surface area (Å²) in [5.74, 6) is -0.253. The highest BCUT2D eigenvalue weighted by Gasteiger charge is 2.34. The first-order chi connectivity index (χ1) is 13.8. The molecule has 1 fully saturated rings. The van der Waals surface area contributed by atoms with E-state index in [1.54, 1.807) is 37.5 Å². The molecule has 2 aromatic carbocycles. The van der Waals surface area contributed by atoms with Gasteiger partial charge in [-0.15, -0.1) is 11.0 Å². The van der Waals surface area contributed by atoms with Crippen molar-refractivity contribution < 1.29 is 22.3 Å². The van der Waals surface area contributed by atoms with Gasteiger partial charge in [-0.05, 0) is 59.8 Å². The first kappa shape index (κ1) is 20.8. The zero-order chi connectivity index (χ0) is 21.0. The zero-order valence-corrected chi connectivity index (χ0v) is 17.0. The molecule has 1 heterocycles. The van der Waals surface area contributed by atoms with Gasteiger partial charge >= 0.3 is 0 Å². The summed E-state index contributed by atoms with van der Waals surface area (Å²) >= 11 is 0.952. The van der Waals surface area contributed by atoms with Crippen LogP contribution in [0.3, 0.4) is 0 Å². The normalized spacial score (nSPS) is 17.2. The van der Waals surface area contributed by atoms with Crippen molar-refractivity contribution in [1.82, 2.24) is 4.90 Å². The number of amides is 1. The van der Waals surface area contributed by atoms with E-state index in [0.29, 0.717) is 10.7 Å². The number of hydrogen-bond acceptors (Lipinski definition) is 5. The van der Waals surface area contributed by atoms with Crippen molar-refractivity contribution in [2.75, 3.05) is 13.7 Å². The summed E-state index contributed by atoms with van der Waals surface area (Å²) in [7, 11) is -2.56. The van der Waals surface area contributed by atoms with E-state index in [9.17, 15) is 17.6 Å². The molecule has 0 unspecified atom stereocenters. The number of halogens is 1. The number of methoxy groups -OCH3 is 1. The number of thioether (sulfide) groups is 1. The quantitative estimate of drug-likeness (QED) is 0.514. The summed E-state index contributed by atoms with van der Waals surface area (Å²) in [5.41, 5.74) is 0.753. The Balaban J connectivity index is 1.96. The SMILES string of the molecule is C=CCN1C(=O)/C(=C/c2ccc(OC)cc2)S/C1=N/S(=O)(=O)c1ccc(F)cc1. The summed E-state index contributed by atoms with van der Waals surface area (Å²) in [6.45, 7) is 3.70. The molecular formula is C20H17FN2O4S2. The lowest BCUT2D eigenvalue weighted by Gasteiger charge is -2.12. The van der Waals surface area contributed by atoms with Crippen LogP contribution in [0.2, 0.25) is 0 Å². The molecule has 6 nitrogen and oxygen atoms in total. The second-order valence-corrected chi connectivity index (χ2v) is 8.50. The number of rotatable bonds is 6. The molecule has 9 heteroatoms. The standard InChI is InChI=1S/C20H17FN2O4S2/c1-3-12-23-19(24)18(13-14-4-8-16(27-2)9-5-14)28-20(23)22-29(25,26)17-10-6-15(21)7-11-17/h3-11,13H,1,12H2,2H3/b18-13-,22-20+. The summed E-state index contributed by atoms with van der Waals surface area (Å²) in [6.07, 6.45) is 3.13. The Morgan fingerprint density at radius 2 is 1.83 bits per heavy atom. The average Bonchev–Trinajstić information content (AvgIpc) is 2.97. The molecule has 29 heavy (non-hydrogen) atoms. The molecule has 1 aliphatic heterocycles. The predicted octanol–water partition coefficient (Wildman–Crippen LogP) is 3.68. The number of benzene rings is 2. The molecule has 0 spiro atoms. The molecule has 0 bridgehead atoms. The Morgan fingerprint density at radius 3 is 2.41 bits per heavy atom. The van der Waals surface area contributed by atoms with Gasteiger partial charge in [0.25, 0.3) is 15.9 Å². The topological polar surface area (TPSA) is 76.0 Å². The van der Waals surface area contributed by atoms with Crippen LogP contribution >= 0.6 is 11.8 Å². The monoisotopic (exact) mass is 432 g/mol. The van der Waals surface area contributed by atoms with E-state index in [1.165, 1.54) is 11.0 Å². The molecule has 1 aliphatic rings. The zero-order valence-electron chi connectivity index (χ0n) is 15.4. The highest BCUT2D eigenvalue weighted by molar-refractivity contribution is 8.19. The molecule has 3 rings (SSSR count). The van der Waals surface area contributed by atoms with Gasteiger partial charge in [0.2, 0.25) is 0 Å². The summed E-state index contributed by atoms with van der Waals surface area (Å²) in [6, 6.07) is 11.4. The van der Waals surface area contributed by atoms with Crippen molar-refractivity contribution in [3.05, 3.63) is 77.5 Å². The predicted molar refractivity (Wildman–Crippen MR) is 111 cm³/mol. The first-order valence-electron chi connectivity index (χ1n) is 8.41. The molecule has 1 saturated heterocycles.